The van der Waals surface area contributed by atoms with Crippen molar-refractivity contribution in [1.29, 1.82) is 0 Å². The maximum Gasteiger partial charge on any atom is 0.219 e. The molecule has 0 aromatic heterocycles. The van der Waals surface area contributed by atoms with Crippen molar-refractivity contribution in [1.82, 2.24) is 9.80 Å². The van der Waals surface area contributed by atoms with Gasteiger partial charge in [0.25, 0.3) is 0 Å². The van der Waals surface area contributed by atoms with Gasteiger partial charge in [-0.15, -0.1) is 5.10 Å². The van der Waals surface area contributed by atoms with Gasteiger partial charge < -0.3 is 20.2 Å². The molecule has 0 aliphatic carbocycles. The van der Waals surface area contributed by atoms with Crippen molar-refractivity contribution in [3.63, 3.8) is 0 Å². The van der Waals surface area contributed by atoms with Crippen molar-refractivity contribution in [2.24, 2.45) is 10.2 Å². The molecule has 1 fully saturated rings. The lowest BCUT2D eigenvalue weighted by atomic mass is 9.87. The zero-order chi connectivity index (χ0) is 25.7. The molecule has 7 nitrogen and oxygen atoms in total. The first-order valence-electron chi connectivity index (χ1n) is 13.3. The molecule has 1 saturated heterocycles. The monoisotopic (exact) mass is 492 g/mol. The third-order valence-corrected chi connectivity index (χ3v) is 7.35. The Morgan fingerprint density at radius 3 is 2.22 bits per heavy atom. The number of phenolic OH excluding ortho intramolecular Hbond substituents is 2. The number of hydrogen-bond acceptors (Lipinski definition) is 6. The topological polar surface area (TPSA) is 91.9 Å². The second-order valence-electron chi connectivity index (χ2n) is 10.4. The summed E-state index contributed by atoms with van der Waals surface area (Å²) in [5, 5.41) is 39.4. The highest BCUT2D eigenvalue weighted by Gasteiger charge is 2.32. The zero-order valence-corrected chi connectivity index (χ0v) is 21.8. The fourth-order valence-corrected chi connectivity index (χ4v) is 5.13. The SMILES string of the molecule is CCCCCCN1CCN(Cc2ccc(C3C(O)=NN=C3c3cc(C(C)C)c(O)cc3O)cc2)CC1. The van der Waals surface area contributed by atoms with Crippen LogP contribution in [-0.2, 0) is 6.54 Å². The maximum absolute atomic E-state index is 10.5. The Bertz CT molecular complexity index is 1090. The van der Waals surface area contributed by atoms with Crippen molar-refractivity contribution in [3.05, 3.63) is 58.7 Å². The zero-order valence-electron chi connectivity index (χ0n) is 21.8. The molecule has 2 aliphatic rings. The van der Waals surface area contributed by atoms with Crippen LogP contribution in [0, 0.1) is 0 Å². The molecule has 3 N–H and O–H groups in total. The number of nitrogens with zero attached hydrogens (tertiary/aromatic N) is 4. The van der Waals surface area contributed by atoms with Gasteiger partial charge in [0.2, 0.25) is 5.90 Å². The van der Waals surface area contributed by atoms with E-state index in [1.54, 1.807) is 6.07 Å². The van der Waals surface area contributed by atoms with Crippen LogP contribution in [-0.4, -0.2) is 69.5 Å². The third kappa shape index (κ3) is 6.08. The van der Waals surface area contributed by atoms with E-state index in [9.17, 15) is 15.3 Å². The largest absolute Gasteiger partial charge is 0.508 e. The molecular weight excluding hydrogens is 452 g/mol. The van der Waals surface area contributed by atoms with Crippen molar-refractivity contribution in [2.75, 3.05) is 32.7 Å². The Balaban J connectivity index is 1.40. The molecule has 2 aromatic rings. The summed E-state index contributed by atoms with van der Waals surface area (Å²) >= 11 is 0. The first-order chi connectivity index (χ1) is 17.4. The lowest BCUT2D eigenvalue weighted by Gasteiger charge is -2.34. The van der Waals surface area contributed by atoms with Gasteiger partial charge in [0.1, 0.15) is 17.4 Å². The van der Waals surface area contributed by atoms with Crippen LogP contribution in [0.15, 0.2) is 46.6 Å². The minimum atomic E-state index is -0.550. The van der Waals surface area contributed by atoms with E-state index < -0.39 is 5.92 Å². The predicted molar refractivity (Wildman–Crippen MR) is 146 cm³/mol. The predicted octanol–water partition coefficient (Wildman–Crippen LogP) is 5.38. The summed E-state index contributed by atoms with van der Waals surface area (Å²) in [6.07, 6.45) is 5.26. The molecule has 194 valence electrons. The van der Waals surface area contributed by atoms with Crippen LogP contribution in [0.5, 0.6) is 11.5 Å². The van der Waals surface area contributed by atoms with Crippen molar-refractivity contribution >= 4 is 11.6 Å². The fourth-order valence-electron chi connectivity index (χ4n) is 5.13. The average molecular weight is 493 g/mol. The minimum Gasteiger partial charge on any atom is -0.508 e. The first kappa shape index (κ1) is 26.2. The third-order valence-electron chi connectivity index (χ3n) is 7.35. The van der Waals surface area contributed by atoms with Crippen LogP contribution in [0.2, 0.25) is 0 Å². The van der Waals surface area contributed by atoms with Crippen LogP contribution in [0.25, 0.3) is 0 Å². The van der Waals surface area contributed by atoms with E-state index in [-0.39, 0.29) is 23.3 Å². The molecule has 0 saturated carbocycles. The van der Waals surface area contributed by atoms with Crippen LogP contribution < -0.4 is 0 Å². The summed E-state index contributed by atoms with van der Waals surface area (Å²) in [4.78, 5) is 5.09. The molecule has 2 aromatic carbocycles. The summed E-state index contributed by atoms with van der Waals surface area (Å²) in [7, 11) is 0. The van der Waals surface area contributed by atoms with Gasteiger partial charge in [-0.25, -0.2) is 0 Å². The van der Waals surface area contributed by atoms with Crippen LogP contribution in [0.4, 0.5) is 0 Å². The number of hydrogen-bond donors (Lipinski definition) is 3. The molecule has 2 heterocycles. The van der Waals surface area contributed by atoms with E-state index >= 15 is 0 Å². The molecule has 36 heavy (non-hydrogen) atoms. The van der Waals surface area contributed by atoms with Gasteiger partial charge in [-0.2, -0.15) is 5.10 Å². The van der Waals surface area contributed by atoms with E-state index in [0.29, 0.717) is 16.8 Å². The fraction of sp³-hybridized carbons (Fsp3) is 0.517. The number of aliphatic hydroxyl groups excluding tert-OH is 1. The molecule has 0 bridgehead atoms. The average Bonchev–Trinajstić information content (AvgIpc) is 3.24. The van der Waals surface area contributed by atoms with Crippen molar-refractivity contribution < 1.29 is 15.3 Å². The molecule has 4 rings (SSSR count). The van der Waals surface area contributed by atoms with Gasteiger partial charge >= 0.3 is 0 Å². The van der Waals surface area contributed by atoms with Crippen LogP contribution >= 0.6 is 0 Å². The standard InChI is InChI=1S/C29H40N4O3/c1-4-5-6-7-12-32-13-15-33(16-14-32)19-21-8-10-22(11-9-21)27-28(30-31-29(27)36)24-17-23(20(2)3)25(34)18-26(24)35/h8-11,17-18,20,27,34-35H,4-7,12-16,19H2,1-3H3,(H,31,36). The summed E-state index contributed by atoms with van der Waals surface area (Å²) < 4.78 is 0. The molecule has 1 unspecified atom stereocenters. The Kier molecular flexibility index (Phi) is 8.64. The molecule has 0 spiro atoms. The van der Waals surface area contributed by atoms with Gasteiger partial charge in [-0.1, -0.05) is 64.3 Å². The lowest BCUT2D eigenvalue weighted by molar-refractivity contribution is 0.125. The minimum absolute atomic E-state index is 0.0493. The number of benzene rings is 2. The first-order valence-corrected chi connectivity index (χ1v) is 13.3. The van der Waals surface area contributed by atoms with E-state index in [4.69, 9.17) is 0 Å². The maximum atomic E-state index is 10.5. The highest BCUT2D eigenvalue weighted by molar-refractivity contribution is 6.20. The van der Waals surface area contributed by atoms with Crippen LogP contribution in [0.3, 0.4) is 0 Å². The van der Waals surface area contributed by atoms with Gasteiger partial charge in [-0.3, -0.25) is 4.90 Å². The normalized spacial score (nSPS) is 19.1. The van der Waals surface area contributed by atoms with E-state index in [1.165, 1.54) is 43.9 Å². The van der Waals surface area contributed by atoms with E-state index in [0.717, 1.165) is 38.3 Å². The Morgan fingerprint density at radius 1 is 0.861 bits per heavy atom. The summed E-state index contributed by atoms with van der Waals surface area (Å²) in [6, 6.07) is 11.3. The highest BCUT2D eigenvalue weighted by atomic mass is 16.3. The van der Waals surface area contributed by atoms with E-state index in [2.05, 4.69) is 39.1 Å². The van der Waals surface area contributed by atoms with Crippen molar-refractivity contribution in [2.45, 2.75) is 64.8 Å². The van der Waals surface area contributed by atoms with Gasteiger partial charge in [0.15, 0.2) is 0 Å². The van der Waals surface area contributed by atoms with Crippen molar-refractivity contribution in [3.8, 4) is 11.5 Å². The number of unbranched alkanes of at least 4 members (excludes halogenated alkanes) is 3. The second-order valence-corrected chi connectivity index (χ2v) is 10.4. The van der Waals surface area contributed by atoms with Gasteiger partial charge in [-0.05, 0) is 41.6 Å². The molecule has 0 amide bonds. The van der Waals surface area contributed by atoms with Gasteiger partial charge in [0, 0.05) is 44.4 Å². The molecular formula is C29H40N4O3. The molecule has 0 radical (unpaired) electrons. The summed E-state index contributed by atoms with van der Waals surface area (Å²) in [6.45, 7) is 12.8. The number of piperazine rings is 1. The summed E-state index contributed by atoms with van der Waals surface area (Å²) in [5.41, 5.74) is 3.78. The highest BCUT2D eigenvalue weighted by Crippen LogP contribution is 2.37. The molecule has 2 aliphatic heterocycles. The van der Waals surface area contributed by atoms with Gasteiger partial charge in [0.05, 0.1) is 5.71 Å². The number of rotatable bonds is 10. The number of aliphatic hydroxyl groups is 1. The number of phenols is 2. The second kappa shape index (κ2) is 11.9. The van der Waals surface area contributed by atoms with Crippen LogP contribution in [0.1, 0.15) is 80.5 Å². The molecule has 7 heteroatoms. The quantitative estimate of drug-likeness (QED) is 0.388. The molecule has 1 atom stereocenters. The summed E-state index contributed by atoms with van der Waals surface area (Å²) in [5.74, 6) is -0.599. The Morgan fingerprint density at radius 2 is 1.56 bits per heavy atom. The smallest absolute Gasteiger partial charge is 0.219 e. The Hall–Kier alpha value is -2.90. The van der Waals surface area contributed by atoms with E-state index in [1.807, 2.05) is 26.0 Å². The lowest BCUT2D eigenvalue weighted by Crippen LogP contribution is -2.46. The Labute approximate surface area is 214 Å². The number of aromatic hydroxyl groups is 2.